The molecular formula is C21H38ClNO. The van der Waals surface area contributed by atoms with Crippen LogP contribution in [0.2, 0.25) is 5.15 Å². The second-order valence-electron chi connectivity index (χ2n) is 6.80. The molecule has 0 fully saturated rings. The van der Waals surface area contributed by atoms with Crippen LogP contribution in [0.15, 0.2) is 18.3 Å². The highest BCUT2D eigenvalue weighted by atomic mass is 35.5. The Balaban J connectivity index is 0.00000529. The molecule has 0 spiro atoms. The maximum Gasteiger partial charge on any atom is 0.132 e. The molecule has 0 aliphatic carbocycles. The van der Waals surface area contributed by atoms with E-state index in [1.54, 1.807) is 6.20 Å². The van der Waals surface area contributed by atoms with Crippen molar-refractivity contribution in [1.29, 1.82) is 0 Å². The molecule has 0 saturated heterocycles. The third kappa shape index (κ3) is 12.8. The Morgan fingerprint density at radius 3 is 1.67 bits per heavy atom. The molecule has 0 amide bonds. The van der Waals surface area contributed by atoms with E-state index in [1.165, 1.54) is 95.5 Å². The Bertz CT molecular complexity index is 384. The quantitative estimate of drug-likeness (QED) is 0.248. The number of pyridine rings is 1. The molecule has 1 aromatic rings. The second-order valence-corrected chi connectivity index (χ2v) is 7.16. The van der Waals surface area contributed by atoms with Gasteiger partial charge in [-0.3, -0.25) is 0 Å². The minimum absolute atomic E-state index is 0. The SMILES string of the molecule is CCCCCCCCCCCCCCCCc1cccnc1Cl.O. The molecule has 0 bridgehead atoms. The fourth-order valence-corrected chi connectivity index (χ4v) is 3.33. The number of nitrogens with zero attached hydrogens (tertiary/aromatic N) is 1. The van der Waals surface area contributed by atoms with Crippen LogP contribution in [0.4, 0.5) is 0 Å². The molecule has 0 aromatic carbocycles. The highest BCUT2D eigenvalue weighted by Gasteiger charge is 2.00. The van der Waals surface area contributed by atoms with Crippen molar-refractivity contribution >= 4 is 11.6 Å². The summed E-state index contributed by atoms with van der Waals surface area (Å²) in [5, 5.41) is 0.683. The van der Waals surface area contributed by atoms with Crippen molar-refractivity contribution in [1.82, 2.24) is 4.98 Å². The lowest BCUT2D eigenvalue weighted by molar-refractivity contribution is 0.535. The molecule has 0 unspecified atom stereocenters. The first-order chi connectivity index (χ1) is 11.3. The third-order valence-corrected chi connectivity index (χ3v) is 4.98. The predicted molar refractivity (Wildman–Crippen MR) is 107 cm³/mol. The number of unbranched alkanes of at least 4 members (excludes halogenated alkanes) is 13. The lowest BCUT2D eigenvalue weighted by Crippen LogP contribution is -1.89. The molecule has 24 heavy (non-hydrogen) atoms. The topological polar surface area (TPSA) is 44.4 Å². The number of aromatic nitrogens is 1. The van der Waals surface area contributed by atoms with Gasteiger partial charge in [0.1, 0.15) is 5.15 Å². The van der Waals surface area contributed by atoms with Crippen molar-refractivity contribution in [3.8, 4) is 0 Å². The van der Waals surface area contributed by atoms with Crippen molar-refractivity contribution in [2.45, 2.75) is 103 Å². The summed E-state index contributed by atoms with van der Waals surface area (Å²) in [4.78, 5) is 4.13. The van der Waals surface area contributed by atoms with Crippen molar-refractivity contribution < 1.29 is 5.48 Å². The normalized spacial score (nSPS) is 10.6. The lowest BCUT2D eigenvalue weighted by Gasteiger charge is -2.04. The van der Waals surface area contributed by atoms with Crippen LogP contribution in [-0.2, 0) is 6.42 Å². The lowest BCUT2D eigenvalue weighted by atomic mass is 10.0. The van der Waals surface area contributed by atoms with Gasteiger partial charge in [-0.15, -0.1) is 0 Å². The number of rotatable bonds is 15. The van der Waals surface area contributed by atoms with E-state index in [1.807, 2.05) is 6.07 Å². The minimum Gasteiger partial charge on any atom is -0.412 e. The molecule has 0 saturated carbocycles. The summed E-state index contributed by atoms with van der Waals surface area (Å²) in [6, 6.07) is 4.07. The summed E-state index contributed by atoms with van der Waals surface area (Å²) < 4.78 is 0. The third-order valence-electron chi connectivity index (χ3n) is 4.64. The number of hydrogen-bond acceptors (Lipinski definition) is 1. The number of hydrogen-bond donors (Lipinski definition) is 0. The van der Waals surface area contributed by atoms with Gasteiger partial charge in [-0.25, -0.2) is 4.98 Å². The highest BCUT2D eigenvalue weighted by molar-refractivity contribution is 6.30. The van der Waals surface area contributed by atoms with E-state index < -0.39 is 0 Å². The average molecular weight is 356 g/mol. The van der Waals surface area contributed by atoms with Gasteiger partial charge in [0, 0.05) is 6.20 Å². The maximum absolute atomic E-state index is 6.07. The molecule has 1 heterocycles. The Morgan fingerprint density at radius 1 is 0.750 bits per heavy atom. The van der Waals surface area contributed by atoms with Crippen molar-refractivity contribution in [2.24, 2.45) is 0 Å². The van der Waals surface area contributed by atoms with E-state index in [-0.39, 0.29) is 5.48 Å². The van der Waals surface area contributed by atoms with Crippen LogP contribution in [0.3, 0.4) is 0 Å². The zero-order valence-electron chi connectivity index (χ0n) is 15.7. The number of aryl methyl sites for hydroxylation is 1. The van der Waals surface area contributed by atoms with Crippen LogP contribution in [0.5, 0.6) is 0 Å². The van der Waals surface area contributed by atoms with Crippen molar-refractivity contribution in [3.63, 3.8) is 0 Å². The van der Waals surface area contributed by atoms with Gasteiger partial charge < -0.3 is 5.48 Å². The largest absolute Gasteiger partial charge is 0.412 e. The first-order valence-corrected chi connectivity index (χ1v) is 10.3. The molecular weight excluding hydrogens is 318 g/mol. The van der Waals surface area contributed by atoms with E-state index >= 15 is 0 Å². The predicted octanol–water partition coefficient (Wildman–Crippen LogP) is 6.93. The molecule has 1 rings (SSSR count). The molecule has 0 aliphatic rings. The molecule has 3 heteroatoms. The van der Waals surface area contributed by atoms with Gasteiger partial charge in [0.05, 0.1) is 0 Å². The fourth-order valence-electron chi connectivity index (χ4n) is 3.12. The molecule has 1 aromatic heterocycles. The second kappa shape index (κ2) is 17.2. The Hall–Kier alpha value is -0.600. The average Bonchev–Trinajstić information content (AvgIpc) is 2.57. The van der Waals surface area contributed by atoms with E-state index in [0.717, 1.165) is 6.42 Å². The number of halogens is 1. The zero-order valence-corrected chi connectivity index (χ0v) is 16.4. The van der Waals surface area contributed by atoms with E-state index in [4.69, 9.17) is 11.6 Å². The van der Waals surface area contributed by atoms with Crippen LogP contribution < -0.4 is 0 Å². The Morgan fingerprint density at radius 2 is 1.21 bits per heavy atom. The highest BCUT2D eigenvalue weighted by Crippen LogP contribution is 2.16. The Labute approximate surface area is 154 Å². The molecule has 0 aliphatic heterocycles. The molecule has 2 nitrogen and oxygen atoms in total. The maximum atomic E-state index is 6.07. The smallest absolute Gasteiger partial charge is 0.132 e. The summed E-state index contributed by atoms with van der Waals surface area (Å²) in [5.74, 6) is 0. The van der Waals surface area contributed by atoms with Crippen LogP contribution in [0, 0.1) is 0 Å². The van der Waals surface area contributed by atoms with Crippen LogP contribution >= 0.6 is 11.6 Å². The fraction of sp³-hybridized carbons (Fsp3) is 0.762. The van der Waals surface area contributed by atoms with Gasteiger partial charge in [-0.2, -0.15) is 0 Å². The summed E-state index contributed by atoms with van der Waals surface area (Å²) >= 11 is 6.07. The van der Waals surface area contributed by atoms with Crippen molar-refractivity contribution in [2.75, 3.05) is 0 Å². The standard InChI is InChI=1S/C21H36ClN.H2O/c1-2-3-4-5-6-7-8-9-10-11-12-13-14-15-17-20-18-16-19-23-21(20)22;/h16,18-19H,2-15,17H2,1H3;1H2. The first kappa shape index (κ1) is 23.4. The van der Waals surface area contributed by atoms with E-state index in [2.05, 4.69) is 18.0 Å². The summed E-state index contributed by atoms with van der Waals surface area (Å²) in [6.45, 7) is 2.29. The summed E-state index contributed by atoms with van der Waals surface area (Å²) in [5.41, 5.74) is 1.20. The van der Waals surface area contributed by atoms with Gasteiger partial charge in [-0.05, 0) is 24.5 Å². The van der Waals surface area contributed by atoms with Gasteiger partial charge in [0.25, 0.3) is 0 Å². The van der Waals surface area contributed by atoms with Crippen molar-refractivity contribution in [3.05, 3.63) is 29.0 Å². The minimum atomic E-state index is 0. The Kier molecular flexibility index (Phi) is 16.8. The van der Waals surface area contributed by atoms with E-state index in [9.17, 15) is 0 Å². The molecule has 2 N–H and O–H groups in total. The van der Waals surface area contributed by atoms with E-state index in [0.29, 0.717) is 5.15 Å². The monoisotopic (exact) mass is 355 g/mol. The van der Waals surface area contributed by atoms with Crippen LogP contribution in [0.1, 0.15) is 102 Å². The van der Waals surface area contributed by atoms with Gasteiger partial charge in [-0.1, -0.05) is 108 Å². The van der Waals surface area contributed by atoms with Gasteiger partial charge in [0.2, 0.25) is 0 Å². The van der Waals surface area contributed by atoms with Gasteiger partial charge >= 0.3 is 0 Å². The molecule has 140 valence electrons. The summed E-state index contributed by atoms with van der Waals surface area (Å²) in [7, 11) is 0. The summed E-state index contributed by atoms with van der Waals surface area (Å²) in [6.07, 6.45) is 22.5. The van der Waals surface area contributed by atoms with Gasteiger partial charge in [0.15, 0.2) is 0 Å². The van der Waals surface area contributed by atoms with Crippen LogP contribution in [0.25, 0.3) is 0 Å². The van der Waals surface area contributed by atoms with Crippen LogP contribution in [-0.4, -0.2) is 10.5 Å². The molecule has 0 atom stereocenters. The first-order valence-electron chi connectivity index (χ1n) is 9.94. The molecule has 0 radical (unpaired) electrons. The zero-order chi connectivity index (χ0) is 16.6.